The molecule has 0 spiro atoms. The summed E-state index contributed by atoms with van der Waals surface area (Å²) in [6, 6.07) is 9.63. The number of hydrogen-bond donors (Lipinski definition) is 2. The Balaban J connectivity index is 2.20. The lowest BCUT2D eigenvalue weighted by Gasteiger charge is -2.40. The Morgan fingerprint density at radius 1 is 1.28 bits per heavy atom. The van der Waals surface area contributed by atoms with Crippen LogP contribution in [0.1, 0.15) is 33.1 Å². The SMILES string of the molecule is CC1CCC(Nc2ccccc2)(C(=O)O)CC1C. The minimum Gasteiger partial charge on any atom is -0.480 e. The van der Waals surface area contributed by atoms with Gasteiger partial charge < -0.3 is 10.4 Å². The van der Waals surface area contributed by atoms with Crippen molar-refractivity contribution >= 4 is 11.7 Å². The lowest BCUT2D eigenvalue weighted by Crippen LogP contribution is -2.51. The highest BCUT2D eigenvalue weighted by atomic mass is 16.4. The molecule has 1 fully saturated rings. The van der Waals surface area contributed by atoms with Gasteiger partial charge in [0.1, 0.15) is 5.54 Å². The van der Waals surface area contributed by atoms with Gasteiger partial charge in [0.2, 0.25) is 0 Å². The van der Waals surface area contributed by atoms with Gasteiger partial charge in [0.15, 0.2) is 0 Å². The molecule has 98 valence electrons. The van der Waals surface area contributed by atoms with Crippen molar-refractivity contribution in [3.05, 3.63) is 30.3 Å². The fourth-order valence-electron chi connectivity index (χ4n) is 2.77. The fraction of sp³-hybridized carbons (Fsp3) is 0.533. The van der Waals surface area contributed by atoms with Crippen LogP contribution in [0, 0.1) is 11.8 Å². The number of nitrogens with one attached hydrogen (secondary N) is 1. The molecule has 0 bridgehead atoms. The smallest absolute Gasteiger partial charge is 0.329 e. The number of anilines is 1. The zero-order valence-corrected chi connectivity index (χ0v) is 11.0. The predicted molar refractivity (Wildman–Crippen MR) is 72.6 cm³/mol. The van der Waals surface area contributed by atoms with Gasteiger partial charge >= 0.3 is 5.97 Å². The molecule has 18 heavy (non-hydrogen) atoms. The molecule has 3 nitrogen and oxygen atoms in total. The average molecular weight is 247 g/mol. The highest BCUT2D eigenvalue weighted by Gasteiger charge is 2.43. The van der Waals surface area contributed by atoms with Crippen LogP contribution in [0.25, 0.3) is 0 Å². The van der Waals surface area contributed by atoms with Crippen LogP contribution in [0.15, 0.2) is 30.3 Å². The number of hydrogen-bond acceptors (Lipinski definition) is 2. The van der Waals surface area contributed by atoms with Gasteiger partial charge in [-0.1, -0.05) is 32.0 Å². The van der Waals surface area contributed by atoms with Crippen molar-refractivity contribution in [2.45, 2.75) is 38.6 Å². The van der Waals surface area contributed by atoms with Crippen molar-refractivity contribution < 1.29 is 9.90 Å². The topological polar surface area (TPSA) is 49.3 Å². The first-order chi connectivity index (χ1) is 8.53. The molecule has 0 radical (unpaired) electrons. The molecule has 1 aliphatic rings. The third kappa shape index (κ3) is 2.50. The highest BCUT2D eigenvalue weighted by Crippen LogP contribution is 2.38. The standard InChI is InChI=1S/C15H21NO2/c1-11-8-9-15(14(17)18,10-12(11)2)16-13-6-4-3-5-7-13/h3-7,11-12,16H,8-10H2,1-2H3,(H,17,18). The number of benzene rings is 1. The fourth-order valence-corrected chi connectivity index (χ4v) is 2.77. The summed E-state index contributed by atoms with van der Waals surface area (Å²) in [6.07, 6.45) is 2.36. The van der Waals surface area contributed by atoms with E-state index in [2.05, 4.69) is 19.2 Å². The summed E-state index contributed by atoms with van der Waals surface area (Å²) in [5.74, 6) is 0.311. The Bertz CT molecular complexity index is 418. The molecular formula is C15H21NO2. The minimum atomic E-state index is -0.798. The van der Waals surface area contributed by atoms with E-state index in [9.17, 15) is 9.90 Å². The van der Waals surface area contributed by atoms with Crippen LogP contribution < -0.4 is 5.32 Å². The third-order valence-electron chi connectivity index (χ3n) is 4.24. The molecule has 0 saturated heterocycles. The molecule has 1 aliphatic carbocycles. The molecule has 3 unspecified atom stereocenters. The van der Waals surface area contributed by atoms with Gasteiger partial charge in [0.05, 0.1) is 0 Å². The van der Waals surface area contributed by atoms with E-state index in [-0.39, 0.29) is 0 Å². The van der Waals surface area contributed by atoms with E-state index in [0.29, 0.717) is 24.7 Å². The highest BCUT2D eigenvalue weighted by molar-refractivity contribution is 5.83. The van der Waals surface area contributed by atoms with E-state index in [1.807, 2.05) is 30.3 Å². The quantitative estimate of drug-likeness (QED) is 0.861. The van der Waals surface area contributed by atoms with Crippen molar-refractivity contribution in [2.24, 2.45) is 11.8 Å². The Hall–Kier alpha value is -1.51. The first-order valence-corrected chi connectivity index (χ1v) is 6.60. The lowest BCUT2D eigenvalue weighted by atomic mass is 9.71. The average Bonchev–Trinajstić information content (AvgIpc) is 2.35. The summed E-state index contributed by atoms with van der Waals surface area (Å²) >= 11 is 0. The molecular weight excluding hydrogens is 226 g/mol. The number of carboxylic acid groups (broad SMARTS) is 1. The van der Waals surface area contributed by atoms with Gasteiger partial charge in [0.25, 0.3) is 0 Å². The van der Waals surface area contributed by atoms with E-state index in [1.165, 1.54) is 0 Å². The monoisotopic (exact) mass is 247 g/mol. The second-order valence-corrected chi connectivity index (χ2v) is 5.58. The van der Waals surface area contributed by atoms with Gasteiger partial charge in [0, 0.05) is 5.69 Å². The molecule has 1 saturated carbocycles. The van der Waals surface area contributed by atoms with Crippen LogP contribution in [0.3, 0.4) is 0 Å². The van der Waals surface area contributed by atoms with E-state index < -0.39 is 11.5 Å². The first kappa shape index (κ1) is 12.9. The molecule has 1 aromatic rings. The maximum Gasteiger partial charge on any atom is 0.329 e. The maximum absolute atomic E-state index is 11.7. The van der Waals surface area contributed by atoms with Crippen molar-refractivity contribution in [1.82, 2.24) is 0 Å². The van der Waals surface area contributed by atoms with Crippen LogP contribution in [0.2, 0.25) is 0 Å². The van der Waals surface area contributed by atoms with E-state index in [0.717, 1.165) is 12.1 Å². The summed E-state index contributed by atoms with van der Waals surface area (Å²) in [7, 11) is 0. The largest absolute Gasteiger partial charge is 0.480 e. The van der Waals surface area contributed by atoms with Gasteiger partial charge in [-0.05, 0) is 43.2 Å². The molecule has 0 amide bonds. The minimum absolute atomic E-state index is 0.436. The van der Waals surface area contributed by atoms with E-state index >= 15 is 0 Å². The molecule has 0 aromatic heterocycles. The van der Waals surface area contributed by atoms with Crippen molar-refractivity contribution in [3.63, 3.8) is 0 Å². The zero-order valence-electron chi connectivity index (χ0n) is 11.0. The number of carboxylic acids is 1. The van der Waals surface area contributed by atoms with Gasteiger partial charge in [-0.2, -0.15) is 0 Å². The summed E-state index contributed by atoms with van der Waals surface area (Å²) in [4.78, 5) is 11.7. The van der Waals surface area contributed by atoms with Crippen LogP contribution in [0.5, 0.6) is 0 Å². The summed E-state index contributed by atoms with van der Waals surface area (Å²) < 4.78 is 0. The molecule has 3 heteroatoms. The number of rotatable bonds is 3. The van der Waals surface area contributed by atoms with Crippen LogP contribution in [0.4, 0.5) is 5.69 Å². The van der Waals surface area contributed by atoms with Crippen LogP contribution >= 0.6 is 0 Å². The molecule has 2 N–H and O–H groups in total. The predicted octanol–water partition coefficient (Wildman–Crippen LogP) is 3.38. The number of aliphatic carboxylic acids is 1. The van der Waals surface area contributed by atoms with Gasteiger partial charge in [-0.25, -0.2) is 4.79 Å². The molecule has 0 heterocycles. The lowest BCUT2D eigenvalue weighted by molar-refractivity contribution is -0.144. The Kier molecular flexibility index (Phi) is 3.60. The van der Waals surface area contributed by atoms with Crippen LogP contribution in [-0.4, -0.2) is 16.6 Å². The first-order valence-electron chi connectivity index (χ1n) is 6.60. The molecule has 2 rings (SSSR count). The molecule has 1 aromatic carbocycles. The van der Waals surface area contributed by atoms with Crippen molar-refractivity contribution in [3.8, 4) is 0 Å². The van der Waals surface area contributed by atoms with Gasteiger partial charge in [-0.3, -0.25) is 0 Å². The molecule has 0 aliphatic heterocycles. The zero-order chi connectivity index (χ0) is 13.2. The van der Waals surface area contributed by atoms with Gasteiger partial charge in [-0.15, -0.1) is 0 Å². The normalized spacial score (nSPS) is 31.9. The maximum atomic E-state index is 11.7. The van der Waals surface area contributed by atoms with E-state index in [1.54, 1.807) is 0 Å². The summed E-state index contributed by atoms with van der Waals surface area (Å²) in [6.45, 7) is 4.35. The van der Waals surface area contributed by atoms with Crippen LogP contribution in [-0.2, 0) is 4.79 Å². The number of para-hydroxylation sites is 1. The van der Waals surface area contributed by atoms with Crippen molar-refractivity contribution in [2.75, 3.05) is 5.32 Å². The summed E-state index contributed by atoms with van der Waals surface area (Å²) in [5, 5.41) is 12.8. The third-order valence-corrected chi connectivity index (χ3v) is 4.24. The Labute approximate surface area is 108 Å². The number of carbonyl (C=O) groups is 1. The van der Waals surface area contributed by atoms with E-state index in [4.69, 9.17) is 0 Å². The second-order valence-electron chi connectivity index (χ2n) is 5.58. The molecule has 3 atom stereocenters. The Morgan fingerprint density at radius 3 is 2.50 bits per heavy atom. The second kappa shape index (κ2) is 5.01. The Morgan fingerprint density at radius 2 is 1.94 bits per heavy atom. The summed E-state index contributed by atoms with van der Waals surface area (Å²) in [5.41, 5.74) is 0.0921. The van der Waals surface area contributed by atoms with Crippen molar-refractivity contribution in [1.29, 1.82) is 0 Å².